The van der Waals surface area contributed by atoms with E-state index in [0.717, 1.165) is 0 Å². The number of nitro groups is 1. The highest BCUT2D eigenvalue weighted by Gasteiger charge is 2.07. The van der Waals surface area contributed by atoms with Gasteiger partial charge in [0.15, 0.2) is 0 Å². The fourth-order valence-electron chi connectivity index (χ4n) is 0.978. The molecule has 0 amide bonds. The predicted molar refractivity (Wildman–Crippen MR) is 56.2 cm³/mol. The maximum absolute atomic E-state index is 10.5. The van der Waals surface area contributed by atoms with Gasteiger partial charge in [-0.3, -0.25) is 15.1 Å². The molecule has 15 heavy (non-hydrogen) atoms. The Labute approximate surface area is 87.5 Å². The van der Waals surface area contributed by atoms with E-state index < -0.39 is 4.92 Å². The molecule has 0 aliphatic rings. The Morgan fingerprint density at radius 2 is 2.40 bits per heavy atom. The molecule has 1 heterocycles. The van der Waals surface area contributed by atoms with E-state index in [1.165, 1.54) is 12.3 Å². The van der Waals surface area contributed by atoms with Crippen molar-refractivity contribution >= 4 is 5.69 Å². The van der Waals surface area contributed by atoms with Gasteiger partial charge >= 0.3 is 0 Å². The Hall–Kier alpha value is -1.93. The van der Waals surface area contributed by atoms with Crippen LogP contribution >= 0.6 is 0 Å². The van der Waals surface area contributed by atoms with E-state index >= 15 is 0 Å². The Morgan fingerprint density at radius 3 is 3.00 bits per heavy atom. The van der Waals surface area contributed by atoms with E-state index in [1.807, 2.05) is 0 Å². The van der Waals surface area contributed by atoms with Crippen molar-refractivity contribution in [2.75, 3.05) is 6.54 Å². The van der Waals surface area contributed by atoms with Crippen LogP contribution in [0.3, 0.4) is 0 Å². The molecule has 0 saturated carbocycles. The van der Waals surface area contributed by atoms with Gasteiger partial charge < -0.3 is 5.73 Å². The molecular formula is C10H11N3O2. The smallest absolute Gasteiger partial charge is 0.288 e. The zero-order chi connectivity index (χ0) is 11.3. The second kappa shape index (κ2) is 5.08. The van der Waals surface area contributed by atoms with Crippen LogP contribution in [-0.4, -0.2) is 16.5 Å². The Bertz CT molecular complexity index is 432. The summed E-state index contributed by atoms with van der Waals surface area (Å²) in [7, 11) is 0. The van der Waals surface area contributed by atoms with Gasteiger partial charge in [0, 0.05) is 19.0 Å². The topological polar surface area (TPSA) is 82.0 Å². The Morgan fingerprint density at radius 1 is 1.67 bits per heavy atom. The number of aromatic nitrogens is 1. The Balaban J connectivity index is 3.02. The van der Waals surface area contributed by atoms with Crippen molar-refractivity contribution < 1.29 is 4.92 Å². The summed E-state index contributed by atoms with van der Waals surface area (Å²) in [6.07, 6.45) is 1.80. The van der Waals surface area contributed by atoms with Crippen LogP contribution in [0.5, 0.6) is 0 Å². The highest BCUT2D eigenvalue weighted by molar-refractivity contribution is 5.44. The summed E-state index contributed by atoms with van der Waals surface area (Å²) in [4.78, 5) is 13.9. The third-order valence-electron chi connectivity index (χ3n) is 1.78. The van der Waals surface area contributed by atoms with E-state index in [1.54, 1.807) is 6.92 Å². The summed E-state index contributed by atoms with van der Waals surface area (Å²) in [5.74, 6) is 5.63. The lowest BCUT2D eigenvalue weighted by atomic mass is 10.2. The summed E-state index contributed by atoms with van der Waals surface area (Å²) in [5.41, 5.74) is 6.51. The number of nitrogens with zero attached hydrogens (tertiary/aromatic N) is 2. The van der Waals surface area contributed by atoms with Crippen LogP contribution in [0.1, 0.15) is 17.7 Å². The van der Waals surface area contributed by atoms with Crippen molar-refractivity contribution in [1.82, 2.24) is 4.98 Å². The van der Waals surface area contributed by atoms with Gasteiger partial charge in [0.1, 0.15) is 6.20 Å². The molecule has 0 atom stereocenters. The summed E-state index contributed by atoms with van der Waals surface area (Å²) in [6, 6.07) is 1.42. The highest BCUT2D eigenvalue weighted by Crippen LogP contribution is 2.13. The number of rotatable bonds is 2. The van der Waals surface area contributed by atoms with Crippen molar-refractivity contribution in [3.8, 4) is 11.8 Å². The van der Waals surface area contributed by atoms with Gasteiger partial charge in [0.25, 0.3) is 5.69 Å². The molecule has 0 bridgehead atoms. The highest BCUT2D eigenvalue weighted by atomic mass is 16.6. The first-order valence-electron chi connectivity index (χ1n) is 4.45. The molecular weight excluding hydrogens is 194 g/mol. The Kier molecular flexibility index (Phi) is 3.77. The van der Waals surface area contributed by atoms with E-state index in [2.05, 4.69) is 16.8 Å². The summed E-state index contributed by atoms with van der Waals surface area (Å²) >= 11 is 0. The van der Waals surface area contributed by atoms with Crippen LogP contribution < -0.4 is 5.73 Å². The maximum Gasteiger partial charge on any atom is 0.288 e. The standard InChI is InChI=1S/C10H11N3O2/c1-8-9(4-2-3-5-11)6-10(7-12-8)13(14)15/h6-7H,3,5,11H2,1H3. The minimum absolute atomic E-state index is 0.0438. The van der Waals surface area contributed by atoms with E-state index in [9.17, 15) is 10.1 Å². The molecule has 5 nitrogen and oxygen atoms in total. The molecule has 0 unspecified atom stereocenters. The molecule has 2 N–H and O–H groups in total. The third kappa shape index (κ3) is 3.04. The fourth-order valence-corrected chi connectivity index (χ4v) is 0.978. The van der Waals surface area contributed by atoms with Gasteiger partial charge in [-0.05, 0) is 6.92 Å². The molecule has 0 aliphatic heterocycles. The zero-order valence-corrected chi connectivity index (χ0v) is 8.36. The average molecular weight is 205 g/mol. The molecule has 0 radical (unpaired) electrons. The van der Waals surface area contributed by atoms with Gasteiger partial charge in [-0.25, -0.2) is 0 Å². The number of pyridine rings is 1. The minimum Gasteiger partial charge on any atom is -0.330 e. The molecule has 0 aromatic carbocycles. The summed E-state index contributed by atoms with van der Waals surface area (Å²) in [6.45, 7) is 2.24. The second-order valence-electron chi connectivity index (χ2n) is 2.92. The van der Waals surface area contributed by atoms with Crippen LogP contribution in [0.25, 0.3) is 0 Å². The number of hydrogen-bond donors (Lipinski definition) is 1. The maximum atomic E-state index is 10.5. The monoisotopic (exact) mass is 205 g/mol. The molecule has 5 heteroatoms. The molecule has 1 rings (SSSR count). The van der Waals surface area contributed by atoms with Gasteiger partial charge in [-0.15, -0.1) is 0 Å². The van der Waals surface area contributed by atoms with E-state index in [0.29, 0.717) is 24.2 Å². The molecule has 0 aliphatic carbocycles. The van der Waals surface area contributed by atoms with E-state index in [4.69, 9.17) is 5.73 Å². The first-order valence-corrected chi connectivity index (χ1v) is 4.45. The van der Waals surface area contributed by atoms with Gasteiger partial charge in [0.05, 0.1) is 16.2 Å². The van der Waals surface area contributed by atoms with Crippen molar-refractivity contribution in [3.63, 3.8) is 0 Å². The number of nitrogens with two attached hydrogens (primary N) is 1. The van der Waals surface area contributed by atoms with Crippen molar-refractivity contribution in [3.05, 3.63) is 33.6 Å². The van der Waals surface area contributed by atoms with Crippen LogP contribution in [0.15, 0.2) is 12.3 Å². The average Bonchev–Trinajstić information content (AvgIpc) is 2.20. The SMILES string of the molecule is Cc1ncc([N+](=O)[O-])cc1C#CCCN. The van der Waals surface area contributed by atoms with E-state index in [-0.39, 0.29) is 5.69 Å². The van der Waals surface area contributed by atoms with Crippen LogP contribution in [0, 0.1) is 28.9 Å². The van der Waals surface area contributed by atoms with Crippen molar-refractivity contribution in [2.45, 2.75) is 13.3 Å². The first kappa shape index (κ1) is 11.1. The normalized spacial score (nSPS) is 9.20. The minimum atomic E-state index is -0.486. The van der Waals surface area contributed by atoms with Gasteiger partial charge in [-0.1, -0.05) is 11.8 Å². The third-order valence-corrected chi connectivity index (χ3v) is 1.78. The predicted octanol–water partition coefficient (Wildman–Crippen LogP) is 0.999. The molecule has 0 saturated heterocycles. The lowest BCUT2D eigenvalue weighted by molar-refractivity contribution is -0.385. The van der Waals surface area contributed by atoms with Crippen LogP contribution in [0.4, 0.5) is 5.69 Å². The van der Waals surface area contributed by atoms with Crippen molar-refractivity contribution in [1.29, 1.82) is 0 Å². The lowest BCUT2D eigenvalue weighted by Gasteiger charge is -1.96. The molecule has 78 valence electrons. The zero-order valence-electron chi connectivity index (χ0n) is 8.36. The second-order valence-corrected chi connectivity index (χ2v) is 2.92. The molecule has 1 aromatic heterocycles. The number of aryl methyl sites for hydroxylation is 1. The fraction of sp³-hybridized carbons (Fsp3) is 0.300. The molecule has 0 spiro atoms. The first-order chi connectivity index (χ1) is 7.15. The van der Waals surface area contributed by atoms with Gasteiger partial charge in [0.2, 0.25) is 0 Å². The number of hydrogen-bond acceptors (Lipinski definition) is 4. The van der Waals surface area contributed by atoms with Crippen LogP contribution in [0.2, 0.25) is 0 Å². The van der Waals surface area contributed by atoms with Crippen LogP contribution in [-0.2, 0) is 0 Å². The molecule has 1 aromatic rings. The summed E-state index contributed by atoms with van der Waals surface area (Å²) in [5, 5.41) is 10.5. The van der Waals surface area contributed by atoms with Crippen molar-refractivity contribution in [2.24, 2.45) is 5.73 Å². The lowest BCUT2D eigenvalue weighted by Crippen LogP contribution is -1.96. The summed E-state index contributed by atoms with van der Waals surface area (Å²) < 4.78 is 0. The quantitative estimate of drug-likeness (QED) is 0.443. The van der Waals surface area contributed by atoms with Gasteiger partial charge in [-0.2, -0.15) is 0 Å². The molecule has 0 fully saturated rings. The largest absolute Gasteiger partial charge is 0.330 e.